The van der Waals surface area contributed by atoms with E-state index in [2.05, 4.69) is 0 Å². The maximum Gasteiger partial charge on any atom is 0.335 e. The van der Waals surface area contributed by atoms with E-state index in [0.29, 0.717) is 0 Å². The predicted molar refractivity (Wildman–Crippen MR) is 36.5 cm³/mol. The van der Waals surface area contributed by atoms with Gasteiger partial charge in [-0.05, 0) is 0 Å². The minimum Gasteiger partial charge on any atom is -0.479 e. The average molecular weight is 172 g/mol. The van der Waals surface area contributed by atoms with Crippen molar-refractivity contribution in [3.05, 3.63) is 0 Å². The lowest BCUT2D eigenvalue weighted by Gasteiger charge is -1.83. The van der Waals surface area contributed by atoms with Crippen molar-refractivity contribution in [3.8, 4) is 12.1 Å². The van der Waals surface area contributed by atoms with Crippen LogP contribution in [-0.4, -0.2) is 34.5 Å². The Morgan fingerprint density at radius 1 is 1.25 bits per heavy atom. The second-order valence-electron chi connectivity index (χ2n) is 1.48. The number of aliphatic hydroxyl groups is 2. The third kappa shape index (κ3) is 8.37. The van der Waals surface area contributed by atoms with Gasteiger partial charge in [0, 0.05) is 0 Å². The van der Waals surface area contributed by atoms with Crippen molar-refractivity contribution in [2.45, 2.75) is 0 Å². The molecule has 0 aromatic rings. The summed E-state index contributed by atoms with van der Waals surface area (Å²) in [7, 11) is 0. The molecular weight excluding hydrogens is 164 g/mol. The van der Waals surface area contributed by atoms with Crippen LogP contribution < -0.4 is 0 Å². The summed E-state index contributed by atoms with van der Waals surface area (Å²) in [5.41, 5.74) is 0. The van der Waals surface area contributed by atoms with Crippen LogP contribution in [0.3, 0.4) is 0 Å². The fraction of sp³-hybridized carbons (Fsp3) is 0.500. The first kappa shape index (κ1) is 13.0. The third-order valence-corrected chi connectivity index (χ3v) is 0.605. The Kier molecular flexibility index (Phi) is 10.1. The first-order valence-corrected chi connectivity index (χ1v) is 2.87. The Hall–Kier alpha value is -1.63. The summed E-state index contributed by atoms with van der Waals surface area (Å²) in [6.07, 6.45) is 0. The van der Waals surface area contributed by atoms with Crippen LogP contribution in [0.2, 0.25) is 0 Å². The van der Waals surface area contributed by atoms with Gasteiger partial charge in [0.05, 0.1) is 25.4 Å². The molecule has 0 aromatic carbocycles. The molecule has 0 aliphatic heterocycles. The van der Waals surface area contributed by atoms with E-state index < -0.39 is 11.9 Å². The van der Waals surface area contributed by atoms with E-state index in [-0.39, 0.29) is 13.2 Å². The third-order valence-electron chi connectivity index (χ3n) is 0.605. The highest BCUT2D eigenvalue weighted by atomic mass is 16.4. The Morgan fingerprint density at radius 3 is 1.58 bits per heavy atom. The summed E-state index contributed by atoms with van der Waals surface area (Å²) in [4.78, 5) is 9.72. The standard InChI is InChI=1S/C4H2N2O2.C2H6O2/c5-1-3(2-6)4(7)8;3-1-2-4/h3H,(H,7,8);3-4H,1-2H2. The van der Waals surface area contributed by atoms with Crippen molar-refractivity contribution >= 4 is 5.97 Å². The molecule has 0 unspecified atom stereocenters. The van der Waals surface area contributed by atoms with Gasteiger partial charge >= 0.3 is 5.97 Å². The van der Waals surface area contributed by atoms with Crippen LogP contribution in [0.1, 0.15) is 0 Å². The van der Waals surface area contributed by atoms with Gasteiger partial charge in [-0.25, -0.2) is 4.79 Å². The second kappa shape index (κ2) is 9.37. The molecular formula is C6H8N2O4. The van der Waals surface area contributed by atoms with Crippen molar-refractivity contribution in [1.29, 1.82) is 10.5 Å². The fourth-order valence-corrected chi connectivity index (χ4v) is 0.139. The molecule has 0 radical (unpaired) electrons. The second-order valence-corrected chi connectivity index (χ2v) is 1.48. The number of carbonyl (C=O) groups is 1. The van der Waals surface area contributed by atoms with Crippen LogP contribution in [0.15, 0.2) is 0 Å². The van der Waals surface area contributed by atoms with Crippen LogP contribution in [0, 0.1) is 28.6 Å². The molecule has 0 fully saturated rings. The molecule has 6 heteroatoms. The number of nitrogens with zero attached hydrogens (tertiary/aromatic N) is 2. The molecule has 0 aliphatic carbocycles. The predicted octanol–water partition coefficient (Wildman–Crippen LogP) is -1.29. The lowest BCUT2D eigenvalue weighted by molar-refractivity contribution is -0.138. The number of nitriles is 2. The van der Waals surface area contributed by atoms with Gasteiger partial charge < -0.3 is 15.3 Å². The first-order chi connectivity index (χ1) is 5.63. The van der Waals surface area contributed by atoms with Gasteiger partial charge in [-0.2, -0.15) is 10.5 Å². The minimum absolute atomic E-state index is 0.125. The smallest absolute Gasteiger partial charge is 0.335 e. The normalized spacial score (nSPS) is 7.42. The molecule has 0 rings (SSSR count). The van der Waals surface area contributed by atoms with E-state index in [1.807, 2.05) is 0 Å². The Labute approximate surface area is 68.9 Å². The molecule has 6 nitrogen and oxygen atoms in total. The summed E-state index contributed by atoms with van der Waals surface area (Å²) in [6.45, 7) is -0.250. The molecule has 0 spiro atoms. The first-order valence-electron chi connectivity index (χ1n) is 2.87. The highest BCUT2D eigenvalue weighted by molar-refractivity contribution is 5.75. The summed E-state index contributed by atoms with van der Waals surface area (Å²) in [5.74, 6) is -2.91. The molecule has 0 amide bonds. The molecule has 12 heavy (non-hydrogen) atoms. The summed E-state index contributed by atoms with van der Waals surface area (Å²) >= 11 is 0. The van der Waals surface area contributed by atoms with E-state index in [1.54, 1.807) is 0 Å². The number of hydrogen-bond donors (Lipinski definition) is 3. The zero-order valence-electron chi connectivity index (χ0n) is 6.14. The minimum atomic E-state index is -1.52. The maximum atomic E-state index is 9.72. The Bertz CT molecular complexity index is 187. The van der Waals surface area contributed by atoms with Crippen molar-refractivity contribution < 1.29 is 20.1 Å². The summed E-state index contributed by atoms with van der Waals surface area (Å²) in [6, 6.07) is 2.58. The van der Waals surface area contributed by atoms with Crippen LogP contribution in [0.5, 0.6) is 0 Å². The van der Waals surface area contributed by atoms with Gasteiger partial charge in [-0.1, -0.05) is 0 Å². The topological polar surface area (TPSA) is 125 Å². The van der Waals surface area contributed by atoms with Gasteiger partial charge in [0.2, 0.25) is 5.92 Å². The number of carboxylic acid groups (broad SMARTS) is 1. The van der Waals surface area contributed by atoms with E-state index >= 15 is 0 Å². The fourth-order valence-electron chi connectivity index (χ4n) is 0.139. The Morgan fingerprint density at radius 2 is 1.58 bits per heavy atom. The molecule has 0 heterocycles. The quantitative estimate of drug-likeness (QED) is 0.475. The average Bonchev–Trinajstić information content (AvgIpc) is 2.07. The van der Waals surface area contributed by atoms with Crippen molar-refractivity contribution in [1.82, 2.24) is 0 Å². The number of aliphatic hydroxyl groups excluding tert-OH is 2. The zero-order valence-corrected chi connectivity index (χ0v) is 6.14. The summed E-state index contributed by atoms with van der Waals surface area (Å²) in [5, 5.41) is 38.9. The molecule has 66 valence electrons. The van der Waals surface area contributed by atoms with Gasteiger partial charge in [0.15, 0.2) is 0 Å². The molecule has 0 saturated carbocycles. The van der Waals surface area contributed by atoms with Crippen LogP contribution >= 0.6 is 0 Å². The number of rotatable bonds is 2. The number of carboxylic acids is 1. The van der Waals surface area contributed by atoms with Crippen molar-refractivity contribution in [2.24, 2.45) is 5.92 Å². The highest BCUT2D eigenvalue weighted by Gasteiger charge is 2.13. The van der Waals surface area contributed by atoms with E-state index in [1.165, 1.54) is 12.1 Å². The molecule has 0 saturated heterocycles. The van der Waals surface area contributed by atoms with Gasteiger partial charge in [0.25, 0.3) is 0 Å². The van der Waals surface area contributed by atoms with E-state index in [0.717, 1.165) is 0 Å². The monoisotopic (exact) mass is 172 g/mol. The van der Waals surface area contributed by atoms with Gasteiger partial charge in [-0.3, -0.25) is 0 Å². The Balaban J connectivity index is 0. The maximum absolute atomic E-state index is 9.72. The highest BCUT2D eigenvalue weighted by Crippen LogP contribution is 1.88. The summed E-state index contributed by atoms with van der Waals surface area (Å²) < 4.78 is 0. The zero-order chi connectivity index (χ0) is 9.98. The van der Waals surface area contributed by atoms with Gasteiger partial charge in [0.1, 0.15) is 0 Å². The molecule has 3 N–H and O–H groups in total. The van der Waals surface area contributed by atoms with Crippen molar-refractivity contribution in [3.63, 3.8) is 0 Å². The molecule has 0 aliphatic rings. The lowest BCUT2D eigenvalue weighted by atomic mass is 10.2. The SMILES string of the molecule is N#CC(C#N)C(=O)O.OCCO. The largest absolute Gasteiger partial charge is 0.479 e. The van der Waals surface area contributed by atoms with Crippen LogP contribution in [0.25, 0.3) is 0 Å². The van der Waals surface area contributed by atoms with Gasteiger partial charge in [-0.15, -0.1) is 0 Å². The van der Waals surface area contributed by atoms with Crippen LogP contribution in [-0.2, 0) is 4.79 Å². The molecule has 0 bridgehead atoms. The number of aliphatic carboxylic acids is 1. The number of hydrogen-bond acceptors (Lipinski definition) is 5. The molecule has 0 aromatic heterocycles. The lowest BCUT2D eigenvalue weighted by Crippen LogP contribution is -2.07. The van der Waals surface area contributed by atoms with E-state index in [4.69, 9.17) is 25.8 Å². The molecule has 0 atom stereocenters. The van der Waals surface area contributed by atoms with Crippen LogP contribution in [0.4, 0.5) is 0 Å². The van der Waals surface area contributed by atoms with E-state index in [9.17, 15) is 4.79 Å². The van der Waals surface area contributed by atoms with Crippen molar-refractivity contribution in [2.75, 3.05) is 13.2 Å².